The second kappa shape index (κ2) is 16.0. The Morgan fingerprint density at radius 3 is 1.64 bits per heavy atom. The second-order valence-corrected chi connectivity index (χ2v) is 8.29. The highest BCUT2D eigenvalue weighted by atomic mass is 16.4. The third-order valence-electron chi connectivity index (χ3n) is 5.02. The first kappa shape index (κ1) is 32.2. The van der Waals surface area contributed by atoms with Crippen LogP contribution in [-0.4, -0.2) is 90.3 Å². The number of carboxylic acid groups (broad SMARTS) is 1. The molecule has 0 aliphatic rings. The Bertz CT molecular complexity index is 833. The minimum atomic E-state index is -1.23. The standard InChI is InChI=1S/C21H37N7O8/c1-6-10(2)17(28-19(33)12(4)26-16(31)9-24-18(32)11(3)22)20(34)25-7-14(29)23-8-15(30)27-13(5)21(35)36/h10-13,17H,6-9,22H2,1-5H3,(H,23,29)(H,24,32)(H,25,34)(H,26,31)(H,27,30)(H,28,33)(H,35,36). The van der Waals surface area contributed by atoms with Gasteiger partial charge in [-0.15, -0.1) is 0 Å². The summed E-state index contributed by atoms with van der Waals surface area (Å²) in [5, 5.41) is 22.8. The highest BCUT2D eigenvalue weighted by Gasteiger charge is 2.28. The van der Waals surface area contributed by atoms with Crippen molar-refractivity contribution in [2.24, 2.45) is 11.7 Å². The fourth-order valence-electron chi connectivity index (χ4n) is 2.54. The van der Waals surface area contributed by atoms with Crippen LogP contribution in [0.15, 0.2) is 0 Å². The van der Waals surface area contributed by atoms with E-state index in [1.54, 1.807) is 13.8 Å². The summed E-state index contributed by atoms with van der Waals surface area (Å²) in [5.41, 5.74) is 5.39. The molecule has 0 aliphatic heterocycles. The quantitative estimate of drug-likeness (QED) is 0.107. The number of hydrogen-bond donors (Lipinski definition) is 8. The van der Waals surface area contributed by atoms with Gasteiger partial charge in [0.2, 0.25) is 35.4 Å². The molecule has 9 N–H and O–H groups in total. The first-order valence-electron chi connectivity index (χ1n) is 11.4. The molecule has 0 spiro atoms. The molecular weight excluding hydrogens is 478 g/mol. The lowest BCUT2D eigenvalue weighted by molar-refractivity contribution is -0.141. The van der Waals surface area contributed by atoms with Crippen LogP contribution in [0.3, 0.4) is 0 Å². The molecule has 15 heteroatoms. The third kappa shape index (κ3) is 12.6. The molecule has 0 radical (unpaired) electrons. The molecule has 0 fully saturated rings. The summed E-state index contributed by atoms with van der Waals surface area (Å²) in [5.74, 6) is -5.46. The molecular formula is C21H37N7O8. The van der Waals surface area contributed by atoms with Gasteiger partial charge in [-0.05, 0) is 26.7 Å². The molecule has 0 bridgehead atoms. The lowest BCUT2D eigenvalue weighted by Gasteiger charge is -2.25. The van der Waals surface area contributed by atoms with Crippen molar-refractivity contribution >= 4 is 41.4 Å². The van der Waals surface area contributed by atoms with Crippen LogP contribution in [0.25, 0.3) is 0 Å². The van der Waals surface area contributed by atoms with Crippen molar-refractivity contribution in [3.63, 3.8) is 0 Å². The Labute approximate surface area is 209 Å². The molecule has 0 aromatic carbocycles. The molecule has 0 saturated heterocycles. The van der Waals surface area contributed by atoms with Crippen molar-refractivity contribution < 1.29 is 38.7 Å². The van der Waals surface area contributed by atoms with E-state index in [0.717, 1.165) is 0 Å². The maximum absolute atomic E-state index is 12.6. The number of rotatable bonds is 15. The zero-order chi connectivity index (χ0) is 28.0. The van der Waals surface area contributed by atoms with E-state index in [-0.39, 0.29) is 12.5 Å². The first-order chi connectivity index (χ1) is 16.7. The fraction of sp³-hybridized carbons (Fsp3) is 0.667. The predicted octanol–water partition coefficient (Wildman–Crippen LogP) is -3.69. The van der Waals surface area contributed by atoms with E-state index in [1.807, 2.05) is 0 Å². The van der Waals surface area contributed by atoms with Crippen molar-refractivity contribution in [1.29, 1.82) is 0 Å². The molecule has 6 amide bonds. The average molecular weight is 516 g/mol. The smallest absolute Gasteiger partial charge is 0.325 e. The molecule has 36 heavy (non-hydrogen) atoms. The van der Waals surface area contributed by atoms with Crippen molar-refractivity contribution in [1.82, 2.24) is 31.9 Å². The highest BCUT2D eigenvalue weighted by Crippen LogP contribution is 2.08. The second-order valence-electron chi connectivity index (χ2n) is 8.29. The molecule has 0 rings (SSSR count). The third-order valence-corrected chi connectivity index (χ3v) is 5.02. The number of carbonyl (C=O) groups excluding carboxylic acids is 6. The van der Waals surface area contributed by atoms with Crippen molar-refractivity contribution in [2.45, 2.75) is 65.2 Å². The Balaban J connectivity index is 4.76. The maximum Gasteiger partial charge on any atom is 0.325 e. The number of carbonyl (C=O) groups is 7. The summed E-state index contributed by atoms with van der Waals surface area (Å²) in [6.07, 6.45) is 0.510. The van der Waals surface area contributed by atoms with Crippen LogP contribution in [0.2, 0.25) is 0 Å². The van der Waals surface area contributed by atoms with E-state index in [0.29, 0.717) is 6.42 Å². The highest BCUT2D eigenvalue weighted by molar-refractivity contribution is 5.94. The molecule has 0 saturated carbocycles. The largest absolute Gasteiger partial charge is 0.480 e. The zero-order valence-electron chi connectivity index (χ0n) is 21.1. The number of amides is 6. The van der Waals surface area contributed by atoms with Gasteiger partial charge in [-0.25, -0.2) is 0 Å². The molecule has 204 valence electrons. The molecule has 0 heterocycles. The number of hydrogen-bond acceptors (Lipinski definition) is 8. The Hall–Kier alpha value is -3.75. The van der Waals surface area contributed by atoms with Crippen LogP contribution in [-0.2, 0) is 33.6 Å². The maximum atomic E-state index is 12.6. The summed E-state index contributed by atoms with van der Waals surface area (Å²) < 4.78 is 0. The molecule has 0 aromatic heterocycles. The topological polar surface area (TPSA) is 238 Å². The van der Waals surface area contributed by atoms with Gasteiger partial charge in [0.25, 0.3) is 0 Å². The lowest BCUT2D eigenvalue weighted by Crippen LogP contribution is -2.56. The van der Waals surface area contributed by atoms with Crippen LogP contribution < -0.4 is 37.6 Å². The Morgan fingerprint density at radius 2 is 1.14 bits per heavy atom. The molecule has 0 aromatic rings. The predicted molar refractivity (Wildman–Crippen MR) is 127 cm³/mol. The van der Waals surface area contributed by atoms with E-state index in [9.17, 15) is 33.6 Å². The number of carboxylic acids is 1. The molecule has 5 atom stereocenters. The molecule has 5 unspecified atom stereocenters. The van der Waals surface area contributed by atoms with Gasteiger partial charge in [-0.2, -0.15) is 0 Å². The fourth-order valence-corrected chi connectivity index (χ4v) is 2.54. The first-order valence-corrected chi connectivity index (χ1v) is 11.4. The van der Waals surface area contributed by atoms with Gasteiger partial charge in [-0.1, -0.05) is 20.3 Å². The summed E-state index contributed by atoms with van der Waals surface area (Å²) in [4.78, 5) is 82.8. The normalized spacial score (nSPS) is 14.6. The van der Waals surface area contributed by atoms with Gasteiger partial charge in [0.05, 0.1) is 25.7 Å². The van der Waals surface area contributed by atoms with E-state index >= 15 is 0 Å². The average Bonchev–Trinajstić information content (AvgIpc) is 2.81. The van der Waals surface area contributed by atoms with Crippen LogP contribution in [0.1, 0.15) is 41.0 Å². The van der Waals surface area contributed by atoms with Crippen LogP contribution in [0, 0.1) is 5.92 Å². The number of aliphatic carboxylic acids is 1. The van der Waals surface area contributed by atoms with E-state index < -0.39 is 78.7 Å². The van der Waals surface area contributed by atoms with Crippen molar-refractivity contribution in [3.05, 3.63) is 0 Å². The molecule has 15 nitrogen and oxygen atoms in total. The number of nitrogens with one attached hydrogen (secondary N) is 6. The minimum absolute atomic E-state index is 0.325. The van der Waals surface area contributed by atoms with Crippen molar-refractivity contribution in [2.75, 3.05) is 19.6 Å². The Kier molecular flexibility index (Phi) is 14.4. The SMILES string of the molecule is CCC(C)C(NC(=O)C(C)NC(=O)CNC(=O)C(C)N)C(=O)NCC(=O)NCC(=O)NC(C)C(=O)O. The van der Waals surface area contributed by atoms with Gasteiger partial charge in [-0.3, -0.25) is 33.6 Å². The minimum Gasteiger partial charge on any atom is -0.480 e. The van der Waals surface area contributed by atoms with E-state index in [4.69, 9.17) is 10.8 Å². The summed E-state index contributed by atoms with van der Waals surface area (Å²) in [7, 11) is 0. The van der Waals surface area contributed by atoms with Gasteiger partial charge in [0, 0.05) is 0 Å². The molecule has 0 aliphatic carbocycles. The van der Waals surface area contributed by atoms with E-state index in [1.165, 1.54) is 20.8 Å². The lowest BCUT2D eigenvalue weighted by atomic mass is 9.98. The van der Waals surface area contributed by atoms with Crippen LogP contribution in [0.5, 0.6) is 0 Å². The summed E-state index contributed by atoms with van der Waals surface area (Å²) in [6, 6.07) is -3.98. The summed E-state index contributed by atoms with van der Waals surface area (Å²) >= 11 is 0. The Morgan fingerprint density at radius 1 is 0.667 bits per heavy atom. The van der Waals surface area contributed by atoms with Gasteiger partial charge >= 0.3 is 5.97 Å². The van der Waals surface area contributed by atoms with Gasteiger partial charge in [0.15, 0.2) is 0 Å². The van der Waals surface area contributed by atoms with Gasteiger partial charge in [0.1, 0.15) is 18.1 Å². The number of nitrogens with two attached hydrogens (primary N) is 1. The monoisotopic (exact) mass is 515 g/mol. The van der Waals surface area contributed by atoms with Crippen molar-refractivity contribution in [3.8, 4) is 0 Å². The van der Waals surface area contributed by atoms with E-state index in [2.05, 4.69) is 31.9 Å². The summed E-state index contributed by atoms with van der Waals surface area (Å²) in [6.45, 7) is 6.27. The zero-order valence-corrected chi connectivity index (χ0v) is 21.1. The van der Waals surface area contributed by atoms with Gasteiger partial charge < -0.3 is 42.7 Å². The van der Waals surface area contributed by atoms with Crippen LogP contribution >= 0.6 is 0 Å². The van der Waals surface area contributed by atoms with Crippen LogP contribution in [0.4, 0.5) is 0 Å².